The van der Waals surface area contributed by atoms with E-state index in [9.17, 15) is 19.5 Å². The number of anilines is 2. The summed E-state index contributed by atoms with van der Waals surface area (Å²) in [6.07, 6.45) is 1.43. The quantitative estimate of drug-likeness (QED) is 0.284. The molecular formula is C29H31N3O7. The van der Waals surface area contributed by atoms with Crippen molar-refractivity contribution in [1.82, 2.24) is 4.90 Å². The number of aryl methyl sites for hydroxylation is 1. The lowest BCUT2D eigenvalue weighted by atomic mass is 10.0. The standard InChI is InChI=1S/C29H31N3O7/c1-19-7-3-4-8-23(19)30-28(36)31-24-14-9-20(17-25(24)38-2)18-26(33)29(37,32-15-5-6-16-32)39-22-12-10-21(11-13-22)27(34)35/h3-4,7-14,17,37H,5-6,15-16,18H2,1-2H3,(H,34,35)(H2,30,31,36). The molecule has 1 atom stereocenters. The van der Waals surface area contributed by atoms with Gasteiger partial charge in [0.2, 0.25) is 5.78 Å². The number of Topliss-reactive ketones (excluding diaryl/α,β-unsaturated/α-hetero) is 1. The van der Waals surface area contributed by atoms with Gasteiger partial charge in [-0.25, -0.2) is 14.5 Å². The fourth-order valence-corrected chi connectivity index (χ4v) is 4.39. The molecule has 1 saturated heterocycles. The van der Waals surface area contributed by atoms with Crippen molar-refractivity contribution in [3.8, 4) is 11.5 Å². The van der Waals surface area contributed by atoms with Crippen molar-refractivity contribution in [2.75, 3.05) is 30.8 Å². The number of urea groups is 1. The summed E-state index contributed by atoms with van der Waals surface area (Å²) in [5.41, 5.74) is 2.61. The number of benzene rings is 3. The van der Waals surface area contributed by atoms with Crippen molar-refractivity contribution in [2.45, 2.75) is 32.1 Å². The van der Waals surface area contributed by atoms with Gasteiger partial charge in [-0.15, -0.1) is 0 Å². The number of aliphatic hydroxyl groups is 1. The zero-order chi connectivity index (χ0) is 28.0. The lowest BCUT2D eigenvalue weighted by Crippen LogP contribution is -2.58. The average Bonchev–Trinajstić information content (AvgIpc) is 3.47. The Morgan fingerprint density at radius 2 is 1.62 bits per heavy atom. The number of nitrogens with zero attached hydrogens (tertiary/aromatic N) is 1. The Morgan fingerprint density at radius 1 is 0.949 bits per heavy atom. The van der Waals surface area contributed by atoms with Crippen LogP contribution in [0.1, 0.15) is 34.3 Å². The molecule has 39 heavy (non-hydrogen) atoms. The van der Waals surface area contributed by atoms with Gasteiger partial charge < -0.3 is 30.3 Å². The van der Waals surface area contributed by atoms with Gasteiger partial charge in [0, 0.05) is 25.2 Å². The van der Waals surface area contributed by atoms with E-state index in [1.807, 2.05) is 25.1 Å². The molecule has 3 aromatic rings. The Labute approximate surface area is 226 Å². The summed E-state index contributed by atoms with van der Waals surface area (Å²) >= 11 is 0. The van der Waals surface area contributed by atoms with E-state index in [-0.39, 0.29) is 17.7 Å². The summed E-state index contributed by atoms with van der Waals surface area (Å²) in [5, 5.41) is 26.2. The highest BCUT2D eigenvalue weighted by Crippen LogP contribution is 2.30. The molecule has 3 aromatic carbocycles. The highest BCUT2D eigenvalue weighted by molar-refractivity contribution is 6.01. The first-order chi connectivity index (χ1) is 18.7. The molecule has 1 unspecified atom stereocenters. The second-order valence-electron chi connectivity index (χ2n) is 9.26. The molecule has 0 aromatic heterocycles. The smallest absolute Gasteiger partial charge is 0.335 e. The second-order valence-corrected chi connectivity index (χ2v) is 9.26. The lowest BCUT2D eigenvalue weighted by molar-refractivity contribution is -0.228. The summed E-state index contributed by atoms with van der Waals surface area (Å²) in [5.74, 6) is -3.41. The first-order valence-electron chi connectivity index (χ1n) is 12.5. The van der Waals surface area contributed by atoms with Crippen LogP contribution in [0.25, 0.3) is 0 Å². The van der Waals surface area contributed by atoms with E-state index < -0.39 is 23.7 Å². The third-order valence-electron chi connectivity index (χ3n) is 6.53. The van der Waals surface area contributed by atoms with Crippen LogP contribution in [0.4, 0.5) is 16.2 Å². The SMILES string of the molecule is COc1cc(CC(=O)C(O)(Oc2ccc(C(=O)O)cc2)N2CCCC2)ccc1NC(=O)Nc1ccccc1C. The maximum Gasteiger partial charge on any atom is 0.335 e. The number of hydrogen-bond acceptors (Lipinski definition) is 7. The fourth-order valence-electron chi connectivity index (χ4n) is 4.39. The van der Waals surface area contributed by atoms with E-state index in [1.165, 1.54) is 31.4 Å². The molecule has 0 bridgehead atoms. The Hall–Kier alpha value is -4.41. The van der Waals surface area contributed by atoms with Gasteiger partial charge in [-0.3, -0.25) is 4.79 Å². The van der Waals surface area contributed by atoms with Gasteiger partial charge >= 0.3 is 17.9 Å². The Morgan fingerprint density at radius 3 is 2.26 bits per heavy atom. The summed E-state index contributed by atoms with van der Waals surface area (Å²) in [6, 6.07) is 17.4. The highest BCUT2D eigenvalue weighted by Gasteiger charge is 2.45. The Balaban J connectivity index is 1.50. The second kappa shape index (κ2) is 12.0. The number of carbonyl (C=O) groups excluding carboxylic acids is 2. The van der Waals surface area contributed by atoms with Crippen molar-refractivity contribution in [2.24, 2.45) is 0 Å². The van der Waals surface area contributed by atoms with Crippen LogP contribution in [0, 0.1) is 6.92 Å². The number of aromatic carboxylic acids is 1. The minimum atomic E-state index is -2.24. The van der Waals surface area contributed by atoms with Crippen LogP contribution in [-0.2, 0) is 11.2 Å². The number of rotatable bonds is 10. The molecule has 204 valence electrons. The number of para-hydroxylation sites is 1. The van der Waals surface area contributed by atoms with Gasteiger partial charge in [0.25, 0.3) is 0 Å². The van der Waals surface area contributed by atoms with Gasteiger partial charge in [-0.2, -0.15) is 0 Å². The zero-order valence-electron chi connectivity index (χ0n) is 21.8. The van der Waals surface area contributed by atoms with Crippen LogP contribution in [0.15, 0.2) is 66.7 Å². The van der Waals surface area contributed by atoms with E-state index in [2.05, 4.69) is 10.6 Å². The van der Waals surface area contributed by atoms with Crippen molar-refractivity contribution in [1.29, 1.82) is 0 Å². The topological polar surface area (TPSA) is 137 Å². The summed E-state index contributed by atoms with van der Waals surface area (Å²) in [4.78, 5) is 38.8. The molecule has 1 fully saturated rings. The number of amides is 2. The van der Waals surface area contributed by atoms with Gasteiger partial charge in [0.1, 0.15) is 11.5 Å². The molecular weight excluding hydrogens is 502 g/mol. The van der Waals surface area contributed by atoms with Crippen LogP contribution >= 0.6 is 0 Å². The summed E-state index contributed by atoms with van der Waals surface area (Å²) < 4.78 is 11.2. The van der Waals surface area contributed by atoms with E-state index >= 15 is 0 Å². The molecule has 0 aliphatic carbocycles. The molecule has 1 aliphatic rings. The fraction of sp³-hybridized carbons (Fsp3) is 0.276. The number of likely N-dealkylation sites (tertiary alicyclic amines) is 1. The van der Waals surface area contributed by atoms with Gasteiger partial charge in [0.15, 0.2) is 0 Å². The molecule has 0 spiro atoms. The maximum absolute atomic E-state index is 13.5. The van der Waals surface area contributed by atoms with Gasteiger partial charge in [0.05, 0.1) is 18.4 Å². The van der Waals surface area contributed by atoms with Crippen LogP contribution in [0.5, 0.6) is 11.5 Å². The molecule has 0 radical (unpaired) electrons. The predicted molar refractivity (Wildman–Crippen MR) is 145 cm³/mol. The number of ether oxygens (including phenoxy) is 2. The molecule has 10 heteroatoms. The van der Waals surface area contributed by atoms with E-state index in [1.54, 1.807) is 29.2 Å². The number of carboxylic acid groups (broad SMARTS) is 1. The molecule has 10 nitrogen and oxygen atoms in total. The molecule has 1 aliphatic heterocycles. The maximum atomic E-state index is 13.5. The largest absolute Gasteiger partial charge is 0.495 e. The number of carbonyl (C=O) groups is 3. The van der Waals surface area contributed by atoms with Gasteiger partial charge in [-0.05, 0) is 73.4 Å². The van der Waals surface area contributed by atoms with E-state index in [0.29, 0.717) is 35.8 Å². The van der Waals surface area contributed by atoms with Crippen LogP contribution in [0.3, 0.4) is 0 Å². The minimum Gasteiger partial charge on any atom is -0.495 e. The molecule has 0 saturated carbocycles. The van der Waals surface area contributed by atoms with Crippen LogP contribution in [-0.4, -0.2) is 59.0 Å². The number of ketones is 1. The summed E-state index contributed by atoms with van der Waals surface area (Å²) in [7, 11) is 1.45. The van der Waals surface area contributed by atoms with Crippen molar-refractivity contribution in [3.63, 3.8) is 0 Å². The van der Waals surface area contributed by atoms with Crippen molar-refractivity contribution < 1.29 is 34.1 Å². The minimum absolute atomic E-state index is 0.0618. The first kappa shape index (κ1) is 27.6. The molecule has 4 N–H and O–H groups in total. The highest BCUT2D eigenvalue weighted by atomic mass is 16.7. The third kappa shape index (κ3) is 6.54. The average molecular weight is 534 g/mol. The molecule has 2 amide bonds. The van der Waals surface area contributed by atoms with Crippen LogP contribution in [0.2, 0.25) is 0 Å². The number of methoxy groups -OCH3 is 1. The third-order valence-corrected chi connectivity index (χ3v) is 6.53. The molecule has 1 heterocycles. The monoisotopic (exact) mass is 533 g/mol. The normalized spacial score (nSPS) is 14.7. The van der Waals surface area contributed by atoms with Crippen molar-refractivity contribution >= 4 is 29.2 Å². The number of nitrogens with one attached hydrogen (secondary N) is 2. The van der Waals surface area contributed by atoms with E-state index in [0.717, 1.165) is 18.4 Å². The van der Waals surface area contributed by atoms with Crippen molar-refractivity contribution in [3.05, 3.63) is 83.4 Å². The predicted octanol–water partition coefficient (Wildman–Crippen LogP) is 4.28. The first-order valence-corrected chi connectivity index (χ1v) is 12.5. The Kier molecular flexibility index (Phi) is 8.48. The molecule has 4 rings (SSSR count). The number of carboxylic acids is 1. The Bertz CT molecular complexity index is 1350. The number of hydrogen-bond donors (Lipinski definition) is 4. The van der Waals surface area contributed by atoms with Crippen LogP contribution < -0.4 is 20.1 Å². The zero-order valence-corrected chi connectivity index (χ0v) is 21.8. The van der Waals surface area contributed by atoms with Gasteiger partial charge in [-0.1, -0.05) is 24.3 Å². The summed E-state index contributed by atoms with van der Waals surface area (Å²) in [6.45, 7) is 2.83. The van der Waals surface area contributed by atoms with E-state index in [4.69, 9.17) is 14.6 Å². The lowest BCUT2D eigenvalue weighted by Gasteiger charge is -2.35.